The molecule has 0 bridgehead atoms. The van der Waals surface area contributed by atoms with E-state index in [0.29, 0.717) is 39.8 Å². The molecule has 3 aromatic heterocycles. The average Bonchev–Trinajstić information content (AvgIpc) is 3.35. The summed E-state index contributed by atoms with van der Waals surface area (Å²) in [5, 5.41) is 9.46. The molecule has 3 heterocycles. The molecule has 0 aliphatic rings. The van der Waals surface area contributed by atoms with Crippen LogP contribution in [-0.2, 0) is 16.1 Å². The largest absolute Gasteiger partial charge is 0.461 e. The maximum absolute atomic E-state index is 11.2. The third-order valence-corrected chi connectivity index (χ3v) is 5.20. The lowest BCUT2D eigenvalue weighted by atomic mass is 10.1. The first-order valence-corrected chi connectivity index (χ1v) is 12.5. The van der Waals surface area contributed by atoms with E-state index < -0.39 is 0 Å². The van der Waals surface area contributed by atoms with Crippen molar-refractivity contribution in [2.24, 2.45) is 4.99 Å². The van der Waals surface area contributed by atoms with Gasteiger partial charge in [-0.15, -0.1) is 0 Å². The van der Waals surface area contributed by atoms with Crippen LogP contribution in [0.1, 0.15) is 45.9 Å². The summed E-state index contributed by atoms with van der Waals surface area (Å²) in [7, 11) is 0. The van der Waals surface area contributed by atoms with Gasteiger partial charge in [0.05, 0.1) is 16.8 Å². The van der Waals surface area contributed by atoms with Gasteiger partial charge in [-0.2, -0.15) is 5.26 Å². The Labute approximate surface area is 229 Å². The first kappa shape index (κ1) is 30.1. The molecule has 0 aliphatic carbocycles. The lowest BCUT2D eigenvalue weighted by molar-refractivity contribution is -0.142. The van der Waals surface area contributed by atoms with Gasteiger partial charge in [-0.05, 0) is 54.8 Å². The molecule has 0 amide bonds. The van der Waals surface area contributed by atoms with E-state index in [9.17, 15) is 10.1 Å². The van der Waals surface area contributed by atoms with Gasteiger partial charge >= 0.3 is 5.97 Å². The number of nitrogens with zero attached hydrogens (tertiary/aromatic N) is 6. The second-order valence-electron chi connectivity index (χ2n) is 7.43. The van der Waals surface area contributed by atoms with Crippen molar-refractivity contribution in [3.63, 3.8) is 0 Å². The zero-order valence-corrected chi connectivity index (χ0v) is 23.0. The van der Waals surface area contributed by atoms with E-state index in [2.05, 4.69) is 29.3 Å². The Morgan fingerprint density at radius 2 is 1.82 bits per heavy atom. The molecule has 0 saturated carbocycles. The minimum absolute atomic E-state index is 0.169. The predicted octanol–water partition coefficient (Wildman–Crippen LogP) is 6.30. The first-order valence-electron chi connectivity index (χ1n) is 12.5. The standard InChI is InChI=1S/C26H21N7O2.2C2H6/c1-4-18(14-27)23(29-3)21-11-12-22-26(31-21)33(25(32-22)20-6-5-13-30-24(20)28)19-9-7-17(8-10-19)15-35-16(2)34;2*1-2/h4-13H,1,3,15H2,2H3,(H2,28,30);2*1-2H3/b23-18+;;. The molecule has 0 saturated heterocycles. The molecule has 0 fully saturated rings. The number of benzene rings is 1. The number of hydrogen-bond acceptors (Lipinski definition) is 8. The van der Waals surface area contributed by atoms with Crippen LogP contribution in [0.25, 0.3) is 33.9 Å². The van der Waals surface area contributed by atoms with E-state index in [0.717, 1.165) is 11.3 Å². The highest BCUT2D eigenvalue weighted by Crippen LogP contribution is 2.31. The van der Waals surface area contributed by atoms with Crippen LogP contribution in [0.5, 0.6) is 0 Å². The molecule has 0 unspecified atom stereocenters. The number of nitrogens with two attached hydrogens (primary N) is 1. The van der Waals surface area contributed by atoms with Crippen molar-refractivity contribution in [3.05, 3.63) is 84.2 Å². The molecule has 4 rings (SSSR count). The number of aliphatic imine (C=N–C) groups is 1. The van der Waals surface area contributed by atoms with E-state index in [1.807, 2.05) is 62.6 Å². The second-order valence-corrected chi connectivity index (χ2v) is 7.43. The van der Waals surface area contributed by atoms with Crippen LogP contribution in [0, 0.1) is 11.3 Å². The Morgan fingerprint density at radius 3 is 2.38 bits per heavy atom. The van der Waals surface area contributed by atoms with Crippen LogP contribution in [0.3, 0.4) is 0 Å². The van der Waals surface area contributed by atoms with Gasteiger partial charge < -0.3 is 10.5 Å². The molecular weight excluding hydrogens is 490 g/mol. The number of pyridine rings is 2. The molecule has 9 nitrogen and oxygen atoms in total. The van der Waals surface area contributed by atoms with Crippen molar-refractivity contribution in [1.29, 1.82) is 5.26 Å². The summed E-state index contributed by atoms with van der Waals surface area (Å²) in [5.41, 5.74) is 10.5. The molecule has 2 N–H and O–H groups in total. The number of carbonyl (C=O) groups excluding carboxylic acids is 1. The number of rotatable bonds is 7. The highest BCUT2D eigenvalue weighted by molar-refractivity contribution is 5.85. The van der Waals surface area contributed by atoms with E-state index in [1.54, 1.807) is 24.4 Å². The second kappa shape index (κ2) is 14.6. The molecule has 200 valence electrons. The number of nitrogen functional groups attached to an aromatic ring is 1. The molecule has 0 atom stereocenters. The van der Waals surface area contributed by atoms with Gasteiger partial charge in [-0.1, -0.05) is 46.4 Å². The first-order chi connectivity index (χ1) is 19.0. The smallest absolute Gasteiger partial charge is 0.302 e. The van der Waals surface area contributed by atoms with Crippen molar-refractivity contribution < 1.29 is 9.53 Å². The van der Waals surface area contributed by atoms with Gasteiger partial charge in [0.1, 0.15) is 29.7 Å². The van der Waals surface area contributed by atoms with Gasteiger partial charge in [0.2, 0.25) is 0 Å². The molecular formula is C30H33N7O2. The number of anilines is 1. The van der Waals surface area contributed by atoms with Gasteiger partial charge in [0.15, 0.2) is 11.5 Å². The molecule has 9 heteroatoms. The van der Waals surface area contributed by atoms with E-state index in [1.165, 1.54) is 13.0 Å². The quantitative estimate of drug-likeness (QED) is 0.130. The van der Waals surface area contributed by atoms with Crippen molar-refractivity contribution in [2.45, 2.75) is 41.2 Å². The summed E-state index contributed by atoms with van der Waals surface area (Å²) >= 11 is 0. The summed E-state index contributed by atoms with van der Waals surface area (Å²) in [6.45, 7) is 16.8. The summed E-state index contributed by atoms with van der Waals surface area (Å²) in [6.07, 6.45) is 3.02. The van der Waals surface area contributed by atoms with E-state index >= 15 is 0 Å². The number of esters is 1. The Hall–Kier alpha value is -5.10. The fourth-order valence-electron chi connectivity index (χ4n) is 3.55. The molecule has 1 aromatic carbocycles. The maximum Gasteiger partial charge on any atom is 0.302 e. The topological polar surface area (TPSA) is 132 Å². The molecule has 0 spiro atoms. The molecule has 4 aromatic rings. The van der Waals surface area contributed by atoms with Crippen LogP contribution in [0.4, 0.5) is 5.82 Å². The number of allylic oxidation sites excluding steroid dienone is 2. The summed E-state index contributed by atoms with van der Waals surface area (Å²) in [6, 6.07) is 16.6. The number of imidazole rings is 1. The highest BCUT2D eigenvalue weighted by Gasteiger charge is 2.19. The Kier molecular flexibility index (Phi) is 11.3. The zero-order chi connectivity index (χ0) is 28.9. The lowest BCUT2D eigenvalue weighted by Gasteiger charge is -2.11. The summed E-state index contributed by atoms with van der Waals surface area (Å²) < 4.78 is 6.93. The fourth-order valence-corrected chi connectivity index (χ4v) is 3.55. The third-order valence-electron chi connectivity index (χ3n) is 5.20. The van der Waals surface area contributed by atoms with Crippen molar-refractivity contribution >= 4 is 35.4 Å². The van der Waals surface area contributed by atoms with Crippen LogP contribution in [0.2, 0.25) is 0 Å². The summed E-state index contributed by atoms with van der Waals surface area (Å²) in [4.78, 5) is 28.9. The van der Waals surface area contributed by atoms with Crippen LogP contribution in [0.15, 0.2) is 77.9 Å². The monoisotopic (exact) mass is 523 g/mol. The minimum atomic E-state index is -0.350. The number of aromatic nitrogens is 4. The van der Waals surface area contributed by atoms with Gasteiger partial charge in [-0.25, -0.2) is 15.0 Å². The maximum atomic E-state index is 11.2. The number of hydrogen-bond donors (Lipinski definition) is 1. The molecule has 0 aliphatic heterocycles. The fraction of sp³-hybridized carbons (Fsp3) is 0.200. The van der Waals surface area contributed by atoms with Crippen molar-refractivity contribution in [3.8, 4) is 23.1 Å². The number of nitriles is 1. The molecule has 0 radical (unpaired) electrons. The van der Waals surface area contributed by atoms with Gasteiger partial charge in [-0.3, -0.25) is 14.4 Å². The number of fused-ring (bicyclic) bond motifs is 1. The Morgan fingerprint density at radius 1 is 1.13 bits per heavy atom. The number of carbonyl (C=O) groups is 1. The highest BCUT2D eigenvalue weighted by atomic mass is 16.5. The zero-order valence-electron chi connectivity index (χ0n) is 23.0. The normalized spacial score (nSPS) is 10.6. The van der Waals surface area contributed by atoms with Crippen LogP contribution >= 0.6 is 0 Å². The van der Waals surface area contributed by atoms with Crippen LogP contribution in [-0.4, -0.2) is 32.2 Å². The lowest BCUT2D eigenvalue weighted by Crippen LogP contribution is -2.03. The SMILES string of the molecule is C=C/C(C#N)=C(\N=C)c1ccc2nc(-c3cccnc3N)n(-c3ccc(COC(C)=O)cc3)c2n1.CC.CC. The van der Waals surface area contributed by atoms with Crippen molar-refractivity contribution in [2.75, 3.05) is 5.73 Å². The third kappa shape index (κ3) is 6.81. The predicted molar refractivity (Wildman–Crippen MR) is 157 cm³/mol. The Bertz CT molecular complexity index is 1530. The van der Waals surface area contributed by atoms with Gasteiger partial charge in [0, 0.05) is 18.8 Å². The molecule has 39 heavy (non-hydrogen) atoms. The van der Waals surface area contributed by atoms with E-state index in [4.69, 9.17) is 20.4 Å². The van der Waals surface area contributed by atoms with Gasteiger partial charge in [0.25, 0.3) is 0 Å². The Balaban J connectivity index is 0.00000127. The number of ether oxygens (including phenoxy) is 1. The van der Waals surface area contributed by atoms with Crippen molar-refractivity contribution in [1.82, 2.24) is 19.5 Å². The summed E-state index contributed by atoms with van der Waals surface area (Å²) in [5.74, 6) is 0.517. The minimum Gasteiger partial charge on any atom is -0.461 e. The average molecular weight is 524 g/mol. The van der Waals surface area contributed by atoms with E-state index in [-0.39, 0.29) is 18.1 Å². The van der Waals surface area contributed by atoms with Crippen LogP contribution < -0.4 is 5.73 Å².